The summed E-state index contributed by atoms with van der Waals surface area (Å²) in [5.41, 5.74) is 2.25. The molecule has 0 saturated carbocycles. The smallest absolute Gasteiger partial charge is 0.290 e. The largest absolute Gasteiger partial charge is 0.491 e. The minimum atomic E-state index is -0.278. The van der Waals surface area contributed by atoms with E-state index in [-0.39, 0.29) is 17.1 Å². The lowest BCUT2D eigenvalue weighted by Gasteiger charge is -2.08. The molecular formula is C16H12FNO2. The van der Waals surface area contributed by atoms with Crippen LogP contribution in [0.5, 0.6) is 5.75 Å². The van der Waals surface area contributed by atoms with Crippen molar-refractivity contribution in [2.45, 2.75) is 0 Å². The van der Waals surface area contributed by atoms with Crippen LogP contribution in [0.4, 0.5) is 4.39 Å². The lowest BCUT2D eigenvalue weighted by atomic mass is 10.0. The summed E-state index contributed by atoms with van der Waals surface area (Å²) >= 11 is 0. The molecule has 100 valence electrons. The average Bonchev–Trinajstić information content (AvgIpc) is 2.46. The number of halogens is 1. The molecule has 2 aromatic carbocycles. The Morgan fingerprint density at radius 3 is 2.55 bits per heavy atom. The minimum absolute atomic E-state index is 0.257. The molecule has 0 bridgehead atoms. The lowest BCUT2D eigenvalue weighted by Crippen LogP contribution is -2.08. The average molecular weight is 269 g/mol. The third-order valence-corrected chi connectivity index (χ3v) is 3.23. The standard InChI is InChI=1S/C16H12FNO2/c1-20-15-9-13-12(10-5-7-11(17)8-6-10)3-2-4-14(13)18-16(15)19/h2-9H,1H3,(H,18,19). The van der Waals surface area contributed by atoms with Gasteiger partial charge in [-0.25, -0.2) is 4.39 Å². The molecule has 4 heteroatoms. The summed E-state index contributed by atoms with van der Waals surface area (Å²) in [6, 6.07) is 13.5. The van der Waals surface area contributed by atoms with Crippen LogP contribution in [0.3, 0.4) is 0 Å². The Labute approximate surface area is 114 Å². The Balaban J connectivity index is 2.30. The first-order chi connectivity index (χ1) is 9.69. The Kier molecular flexibility index (Phi) is 2.99. The molecule has 0 aliphatic carbocycles. The van der Waals surface area contributed by atoms with Crippen molar-refractivity contribution in [1.29, 1.82) is 0 Å². The second-order valence-electron chi connectivity index (χ2n) is 4.44. The predicted octanol–water partition coefficient (Wildman–Crippen LogP) is 3.34. The molecule has 3 rings (SSSR count). The van der Waals surface area contributed by atoms with Gasteiger partial charge in [0.25, 0.3) is 5.56 Å². The van der Waals surface area contributed by atoms with Crippen LogP contribution >= 0.6 is 0 Å². The van der Waals surface area contributed by atoms with Crippen LogP contribution in [0.2, 0.25) is 0 Å². The summed E-state index contributed by atoms with van der Waals surface area (Å²) in [5.74, 6) is -0.0213. The Bertz CT molecular complexity index is 822. The molecule has 1 heterocycles. The fraction of sp³-hybridized carbons (Fsp3) is 0.0625. The van der Waals surface area contributed by atoms with Gasteiger partial charge in [0.15, 0.2) is 5.75 Å². The first-order valence-corrected chi connectivity index (χ1v) is 6.15. The quantitative estimate of drug-likeness (QED) is 0.775. The van der Waals surface area contributed by atoms with Crippen LogP contribution < -0.4 is 10.3 Å². The van der Waals surface area contributed by atoms with Crippen molar-refractivity contribution in [3.63, 3.8) is 0 Å². The van der Waals surface area contributed by atoms with E-state index in [9.17, 15) is 9.18 Å². The van der Waals surface area contributed by atoms with Gasteiger partial charge in [-0.2, -0.15) is 0 Å². The summed E-state index contributed by atoms with van der Waals surface area (Å²) < 4.78 is 18.1. The zero-order valence-corrected chi connectivity index (χ0v) is 10.8. The zero-order valence-electron chi connectivity index (χ0n) is 10.8. The number of H-pyrrole nitrogens is 1. The molecule has 1 N–H and O–H groups in total. The second kappa shape index (κ2) is 4.81. The first-order valence-electron chi connectivity index (χ1n) is 6.15. The van der Waals surface area contributed by atoms with E-state index in [4.69, 9.17) is 4.74 Å². The number of hydrogen-bond donors (Lipinski definition) is 1. The highest BCUT2D eigenvalue weighted by molar-refractivity contribution is 5.95. The van der Waals surface area contributed by atoms with Crippen LogP contribution in [-0.4, -0.2) is 12.1 Å². The van der Waals surface area contributed by atoms with E-state index >= 15 is 0 Å². The van der Waals surface area contributed by atoms with Gasteiger partial charge in [-0.15, -0.1) is 0 Å². The van der Waals surface area contributed by atoms with Gasteiger partial charge < -0.3 is 9.72 Å². The van der Waals surface area contributed by atoms with Gasteiger partial charge in [0.2, 0.25) is 0 Å². The summed E-state index contributed by atoms with van der Waals surface area (Å²) in [5, 5.41) is 0.857. The van der Waals surface area contributed by atoms with E-state index in [0.29, 0.717) is 0 Å². The fourth-order valence-electron chi connectivity index (χ4n) is 2.24. The number of fused-ring (bicyclic) bond motifs is 1. The van der Waals surface area contributed by atoms with E-state index in [1.807, 2.05) is 18.2 Å². The van der Waals surface area contributed by atoms with Gasteiger partial charge in [-0.05, 0) is 35.4 Å². The van der Waals surface area contributed by atoms with Gasteiger partial charge in [0.05, 0.1) is 7.11 Å². The molecule has 1 aromatic heterocycles. The van der Waals surface area contributed by atoms with E-state index in [1.54, 1.807) is 18.2 Å². The number of methoxy groups -OCH3 is 1. The maximum Gasteiger partial charge on any atom is 0.290 e. The van der Waals surface area contributed by atoms with Crippen LogP contribution in [0.25, 0.3) is 22.0 Å². The summed E-state index contributed by atoms with van der Waals surface area (Å²) in [7, 11) is 1.46. The molecule has 0 fully saturated rings. The molecule has 0 radical (unpaired) electrons. The monoisotopic (exact) mass is 269 g/mol. The van der Waals surface area contributed by atoms with E-state index in [1.165, 1.54) is 19.2 Å². The van der Waals surface area contributed by atoms with E-state index in [0.717, 1.165) is 22.0 Å². The minimum Gasteiger partial charge on any atom is -0.491 e. The third-order valence-electron chi connectivity index (χ3n) is 3.23. The molecule has 0 unspecified atom stereocenters. The molecule has 0 aliphatic heterocycles. The van der Waals surface area contributed by atoms with Gasteiger partial charge in [0.1, 0.15) is 5.82 Å². The highest BCUT2D eigenvalue weighted by Crippen LogP contribution is 2.28. The third kappa shape index (κ3) is 2.05. The SMILES string of the molecule is COc1cc2c(-c3ccc(F)cc3)cccc2[nH]c1=O. The van der Waals surface area contributed by atoms with E-state index in [2.05, 4.69) is 4.98 Å². The molecule has 0 aliphatic rings. The number of hydrogen-bond acceptors (Lipinski definition) is 2. The number of rotatable bonds is 2. The molecule has 0 atom stereocenters. The molecule has 3 aromatic rings. The Hall–Kier alpha value is -2.62. The topological polar surface area (TPSA) is 42.1 Å². The fourth-order valence-corrected chi connectivity index (χ4v) is 2.24. The summed E-state index contributed by atoms with van der Waals surface area (Å²) in [6.07, 6.45) is 0. The molecule has 0 spiro atoms. The van der Waals surface area contributed by atoms with Crippen molar-refractivity contribution in [2.75, 3.05) is 7.11 Å². The number of benzene rings is 2. The van der Waals surface area contributed by atoms with Crippen molar-refractivity contribution in [2.24, 2.45) is 0 Å². The van der Waals surface area contributed by atoms with Gasteiger partial charge in [-0.1, -0.05) is 24.3 Å². The highest BCUT2D eigenvalue weighted by atomic mass is 19.1. The number of aromatic amines is 1. The maximum absolute atomic E-state index is 13.0. The van der Waals surface area contributed by atoms with Crippen LogP contribution in [-0.2, 0) is 0 Å². The zero-order chi connectivity index (χ0) is 14.1. The summed E-state index contributed by atoms with van der Waals surface area (Å²) in [6.45, 7) is 0. The van der Waals surface area contributed by atoms with Crippen molar-refractivity contribution in [3.05, 3.63) is 64.7 Å². The molecule has 20 heavy (non-hydrogen) atoms. The van der Waals surface area contributed by atoms with E-state index < -0.39 is 0 Å². The second-order valence-corrected chi connectivity index (χ2v) is 4.44. The van der Waals surface area contributed by atoms with Gasteiger partial charge in [-0.3, -0.25) is 4.79 Å². The maximum atomic E-state index is 13.0. The Morgan fingerprint density at radius 2 is 1.85 bits per heavy atom. The van der Waals surface area contributed by atoms with Gasteiger partial charge in [0, 0.05) is 10.9 Å². The number of pyridine rings is 1. The molecule has 0 amide bonds. The number of nitrogens with one attached hydrogen (secondary N) is 1. The van der Waals surface area contributed by atoms with Crippen LogP contribution in [0, 0.1) is 5.82 Å². The van der Waals surface area contributed by atoms with Crippen molar-refractivity contribution in [1.82, 2.24) is 4.98 Å². The molecular weight excluding hydrogens is 257 g/mol. The van der Waals surface area contributed by atoms with Gasteiger partial charge >= 0.3 is 0 Å². The predicted molar refractivity (Wildman–Crippen MR) is 76.5 cm³/mol. The molecule has 3 nitrogen and oxygen atoms in total. The molecule has 0 saturated heterocycles. The Morgan fingerprint density at radius 1 is 1.10 bits per heavy atom. The van der Waals surface area contributed by atoms with Crippen molar-refractivity contribution in [3.8, 4) is 16.9 Å². The normalized spacial score (nSPS) is 10.7. The van der Waals surface area contributed by atoms with Crippen molar-refractivity contribution >= 4 is 10.9 Å². The first kappa shape index (κ1) is 12.4. The number of aromatic nitrogens is 1. The van der Waals surface area contributed by atoms with Crippen LogP contribution in [0.1, 0.15) is 0 Å². The van der Waals surface area contributed by atoms with Crippen LogP contribution in [0.15, 0.2) is 53.3 Å². The highest BCUT2D eigenvalue weighted by Gasteiger charge is 2.08. The lowest BCUT2D eigenvalue weighted by molar-refractivity contribution is 0.409. The summed E-state index contributed by atoms with van der Waals surface area (Å²) in [4.78, 5) is 14.5. The number of ether oxygens (including phenoxy) is 1. The van der Waals surface area contributed by atoms with Crippen molar-refractivity contribution < 1.29 is 9.13 Å².